The number of carbonyl (C=O) groups excluding carboxylic acids is 2. The van der Waals surface area contributed by atoms with Crippen LogP contribution in [0.25, 0.3) is 0 Å². The van der Waals surface area contributed by atoms with Gasteiger partial charge in [-0.3, -0.25) is 10.1 Å². The zero-order chi connectivity index (χ0) is 21.9. The van der Waals surface area contributed by atoms with E-state index in [-0.39, 0.29) is 13.2 Å². The summed E-state index contributed by atoms with van der Waals surface area (Å²) >= 11 is 0. The molecular weight excluding hydrogens is 390 g/mol. The molecular formula is C22H23NO7. The number of amides is 2. The van der Waals surface area contributed by atoms with Crippen molar-refractivity contribution in [2.24, 2.45) is 5.92 Å². The number of ether oxygens (including phenoxy) is 2. The molecule has 8 nitrogen and oxygen atoms in total. The Balaban J connectivity index is 2.15. The van der Waals surface area contributed by atoms with Gasteiger partial charge >= 0.3 is 12.1 Å². The van der Waals surface area contributed by atoms with E-state index in [1.54, 1.807) is 61.5 Å². The molecule has 8 heteroatoms. The van der Waals surface area contributed by atoms with E-state index in [4.69, 9.17) is 19.7 Å². The van der Waals surface area contributed by atoms with Crippen molar-refractivity contribution in [1.29, 1.82) is 0 Å². The second kappa shape index (κ2) is 11.4. The molecule has 2 aromatic carbocycles. The Kier molecular flexibility index (Phi) is 8.58. The van der Waals surface area contributed by atoms with E-state index in [0.29, 0.717) is 16.9 Å². The highest BCUT2D eigenvalue weighted by atomic mass is 16.6. The summed E-state index contributed by atoms with van der Waals surface area (Å²) in [6, 6.07) is 14.8. The molecule has 0 saturated heterocycles. The van der Waals surface area contributed by atoms with Crippen LogP contribution < -0.4 is 10.1 Å². The highest BCUT2D eigenvalue weighted by Crippen LogP contribution is 2.29. The molecule has 0 aliphatic carbocycles. The van der Waals surface area contributed by atoms with Gasteiger partial charge in [-0.2, -0.15) is 0 Å². The quantitative estimate of drug-likeness (QED) is 0.540. The number of carboxylic acids is 1. The molecule has 0 unspecified atom stereocenters. The maximum atomic E-state index is 12.3. The van der Waals surface area contributed by atoms with Crippen molar-refractivity contribution < 1.29 is 34.1 Å². The number of carboxylic acid groups (broad SMARTS) is 1. The van der Waals surface area contributed by atoms with Gasteiger partial charge in [-0.15, -0.1) is 0 Å². The lowest BCUT2D eigenvalue weighted by molar-refractivity contribution is -0.131. The zero-order valence-corrected chi connectivity index (χ0v) is 16.4. The van der Waals surface area contributed by atoms with Gasteiger partial charge in [0.05, 0.1) is 6.61 Å². The second-order valence-electron chi connectivity index (χ2n) is 6.34. The summed E-state index contributed by atoms with van der Waals surface area (Å²) < 4.78 is 10.8. The molecule has 158 valence electrons. The summed E-state index contributed by atoms with van der Waals surface area (Å²) in [5.41, 5.74) is 0.881. The number of imide groups is 1. The van der Waals surface area contributed by atoms with Crippen LogP contribution in [0.4, 0.5) is 4.79 Å². The molecule has 3 N–H and O–H groups in total. The lowest BCUT2D eigenvalue weighted by Crippen LogP contribution is -2.33. The first kappa shape index (κ1) is 22.6. The van der Waals surface area contributed by atoms with Gasteiger partial charge in [-0.1, -0.05) is 43.3 Å². The Labute approximate surface area is 173 Å². The lowest BCUT2D eigenvalue weighted by Gasteiger charge is -2.22. The molecule has 0 fully saturated rings. The molecule has 2 aromatic rings. The number of hydrogen-bond donors (Lipinski definition) is 3. The minimum absolute atomic E-state index is 0.125. The average molecular weight is 413 g/mol. The van der Waals surface area contributed by atoms with Gasteiger partial charge in [0.25, 0.3) is 5.91 Å². The minimum atomic E-state index is -1.13. The average Bonchev–Trinajstić information content (AvgIpc) is 2.75. The summed E-state index contributed by atoms with van der Waals surface area (Å²) in [6.07, 6.45) is 0.559. The van der Waals surface area contributed by atoms with E-state index in [2.05, 4.69) is 5.32 Å². The number of hydrogen-bond acceptors (Lipinski definition) is 6. The SMILES string of the molecule is C[C@H](/C=C/C(=O)O)[C@H](OC(=O)NC(=O)c1ccccc1)c1ccc(OCCO)cc1. The van der Waals surface area contributed by atoms with Crippen LogP contribution in [-0.2, 0) is 9.53 Å². The van der Waals surface area contributed by atoms with Crippen molar-refractivity contribution in [1.82, 2.24) is 5.32 Å². The van der Waals surface area contributed by atoms with E-state index < -0.39 is 30.0 Å². The van der Waals surface area contributed by atoms with E-state index in [1.807, 2.05) is 0 Å². The van der Waals surface area contributed by atoms with Crippen LogP contribution in [-0.4, -0.2) is 41.4 Å². The van der Waals surface area contributed by atoms with Crippen LogP contribution >= 0.6 is 0 Å². The number of aliphatic carboxylic acids is 1. The molecule has 2 amide bonds. The van der Waals surface area contributed by atoms with E-state index >= 15 is 0 Å². The fourth-order valence-corrected chi connectivity index (χ4v) is 2.63. The second-order valence-corrected chi connectivity index (χ2v) is 6.34. The Morgan fingerprint density at radius 1 is 1.07 bits per heavy atom. The van der Waals surface area contributed by atoms with E-state index in [1.165, 1.54) is 6.08 Å². The highest BCUT2D eigenvalue weighted by molar-refractivity contribution is 6.02. The number of rotatable bonds is 9. The maximum Gasteiger partial charge on any atom is 0.414 e. The van der Waals surface area contributed by atoms with Crippen LogP contribution in [0.1, 0.15) is 28.9 Å². The summed E-state index contributed by atoms with van der Waals surface area (Å²) in [4.78, 5) is 35.3. The van der Waals surface area contributed by atoms with Gasteiger partial charge < -0.3 is 19.7 Å². The fourth-order valence-electron chi connectivity index (χ4n) is 2.63. The molecule has 0 aliphatic heterocycles. The van der Waals surface area contributed by atoms with E-state index in [0.717, 1.165) is 6.08 Å². The first-order chi connectivity index (χ1) is 14.4. The fraction of sp³-hybridized carbons (Fsp3) is 0.227. The van der Waals surface area contributed by atoms with Crippen LogP contribution in [0, 0.1) is 5.92 Å². The van der Waals surface area contributed by atoms with Gasteiger partial charge in [-0.05, 0) is 29.8 Å². The number of aliphatic hydroxyl groups is 1. The number of carbonyl (C=O) groups is 3. The van der Waals surface area contributed by atoms with Crippen molar-refractivity contribution in [2.75, 3.05) is 13.2 Å². The molecule has 2 rings (SSSR count). The molecule has 0 bridgehead atoms. The molecule has 0 heterocycles. The Hall–Kier alpha value is -3.65. The van der Waals surface area contributed by atoms with Gasteiger partial charge in [0.15, 0.2) is 0 Å². The van der Waals surface area contributed by atoms with Crippen molar-refractivity contribution in [3.05, 3.63) is 77.9 Å². The largest absolute Gasteiger partial charge is 0.491 e. The van der Waals surface area contributed by atoms with Crippen molar-refractivity contribution in [2.45, 2.75) is 13.0 Å². The Bertz CT molecular complexity index is 878. The molecule has 0 aromatic heterocycles. The van der Waals surface area contributed by atoms with Crippen LogP contribution in [0.5, 0.6) is 5.75 Å². The predicted molar refractivity (Wildman–Crippen MR) is 108 cm³/mol. The standard InChI is InChI=1S/C22H23NO7/c1-15(7-12-19(25)26)20(16-8-10-18(11-9-16)29-14-13-24)30-22(28)23-21(27)17-5-3-2-4-6-17/h2-12,15,20,24H,13-14H2,1H3,(H,25,26)(H,23,27,28)/b12-7+/t15-,20+/m1/s1. The third-order valence-electron chi connectivity index (χ3n) is 4.07. The Morgan fingerprint density at radius 3 is 2.33 bits per heavy atom. The Morgan fingerprint density at radius 2 is 1.73 bits per heavy atom. The molecule has 2 atom stereocenters. The zero-order valence-electron chi connectivity index (χ0n) is 16.4. The number of nitrogens with one attached hydrogen (secondary N) is 1. The normalized spacial score (nSPS) is 12.7. The smallest absolute Gasteiger partial charge is 0.414 e. The topological polar surface area (TPSA) is 122 Å². The molecule has 0 radical (unpaired) electrons. The monoisotopic (exact) mass is 413 g/mol. The highest BCUT2D eigenvalue weighted by Gasteiger charge is 2.23. The summed E-state index contributed by atoms with van der Waals surface area (Å²) in [5, 5.41) is 19.9. The molecule has 30 heavy (non-hydrogen) atoms. The van der Waals surface area contributed by atoms with Crippen molar-refractivity contribution in [3.8, 4) is 5.75 Å². The van der Waals surface area contributed by atoms with Crippen LogP contribution in [0.2, 0.25) is 0 Å². The first-order valence-electron chi connectivity index (χ1n) is 9.22. The summed E-state index contributed by atoms with van der Waals surface area (Å²) in [5.74, 6) is -1.72. The molecule has 0 spiro atoms. The number of benzene rings is 2. The summed E-state index contributed by atoms with van der Waals surface area (Å²) in [6.45, 7) is 1.70. The molecule has 0 aliphatic rings. The third-order valence-corrected chi connectivity index (χ3v) is 4.07. The maximum absolute atomic E-state index is 12.3. The van der Waals surface area contributed by atoms with Crippen LogP contribution in [0.15, 0.2) is 66.7 Å². The molecule has 0 saturated carbocycles. The first-order valence-corrected chi connectivity index (χ1v) is 9.22. The summed E-state index contributed by atoms with van der Waals surface area (Å²) in [7, 11) is 0. The van der Waals surface area contributed by atoms with Gasteiger partial charge in [0.2, 0.25) is 0 Å². The van der Waals surface area contributed by atoms with Crippen molar-refractivity contribution >= 4 is 18.0 Å². The van der Waals surface area contributed by atoms with Crippen LogP contribution in [0.3, 0.4) is 0 Å². The van der Waals surface area contributed by atoms with Gasteiger partial charge in [0, 0.05) is 17.6 Å². The van der Waals surface area contributed by atoms with Gasteiger partial charge in [-0.25, -0.2) is 9.59 Å². The minimum Gasteiger partial charge on any atom is -0.491 e. The number of aliphatic hydroxyl groups excluding tert-OH is 1. The van der Waals surface area contributed by atoms with Gasteiger partial charge in [0.1, 0.15) is 18.5 Å². The van der Waals surface area contributed by atoms with Crippen molar-refractivity contribution in [3.63, 3.8) is 0 Å². The lowest BCUT2D eigenvalue weighted by atomic mass is 9.96. The third kappa shape index (κ3) is 7.06. The predicted octanol–water partition coefficient (Wildman–Crippen LogP) is 2.94. The van der Waals surface area contributed by atoms with E-state index in [9.17, 15) is 14.4 Å². The number of alkyl carbamates (subject to hydrolysis) is 1.